The van der Waals surface area contributed by atoms with Gasteiger partial charge in [-0.3, -0.25) is 0 Å². The van der Waals surface area contributed by atoms with E-state index >= 15 is 0 Å². The molecule has 0 unspecified atom stereocenters. The molecular formula is C12H15BrFNOSi. The zero-order chi connectivity index (χ0) is 13.3. The predicted molar refractivity (Wildman–Crippen MR) is 71.5 cm³/mol. The Morgan fingerprint density at radius 1 is 1.41 bits per heavy atom. The van der Waals surface area contributed by atoms with Gasteiger partial charge in [0, 0.05) is 0 Å². The highest BCUT2D eigenvalue weighted by molar-refractivity contribution is 9.10. The van der Waals surface area contributed by atoms with Crippen LogP contribution >= 0.6 is 15.9 Å². The Morgan fingerprint density at radius 3 is 2.41 bits per heavy atom. The average molecular weight is 316 g/mol. The highest BCUT2D eigenvalue weighted by atomic mass is 79.9. The molecule has 1 aromatic carbocycles. The molecule has 0 saturated carbocycles. The normalized spacial score (nSPS) is 15.1. The fraction of sp³-hybridized carbons (Fsp3) is 0.417. The molecule has 0 spiro atoms. The molecule has 0 N–H and O–H groups in total. The van der Waals surface area contributed by atoms with Crippen LogP contribution in [0.1, 0.15) is 12.5 Å². The molecule has 0 amide bonds. The minimum atomic E-state index is -1.86. The molecule has 0 saturated heterocycles. The fourth-order valence-electron chi connectivity index (χ4n) is 1.55. The summed E-state index contributed by atoms with van der Waals surface area (Å²) in [5, 5.41) is 9.30. The van der Waals surface area contributed by atoms with Crippen LogP contribution in [0.5, 0.6) is 0 Å². The maximum Gasteiger partial charge on any atom is 0.186 e. The predicted octanol–water partition coefficient (Wildman–Crippen LogP) is 4.18. The molecule has 17 heavy (non-hydrogen) atoms. The molecule has 0 aliphatic rings. The van der Waals surface area contributed by atoms with Crippen LogP contribution in [0.2, 0.25) is 19.6 Å². The second-order valence-electron chi connectivity index (χ2n) is 4.99. The van der Waals surface area contributed by atoms with Gasteiger partial charge < -0.3 is 4.43 Å². The quantitative estimate of drug-likeness (QED) is 0.784. The van der Waals surface area contributed by atoms with Crippen molar-refractivity contribution in [3.05, 3.63) is 34.1 Å². The summed E-state index contributed by atoms with van der Waals surface area (Å²) in [6.07, 6.45) is 0. The molecule has 1 rings (SSSR count). The van der Waals surface area contributed by atoms with Crippen molar-refractivity contribution < 1.29 is 8.82 Å². The summed E-state index contributed by atoms with van der Waals surface area (Å²) in [5.74, 6) is -0.345. The first-order chi connectivity index (χ1) is 7.68. The van der Waals surface area contributed by atoms with Gasteiger partial charge in [0.15, 0.2) is 13.9 Å². The van der Waals surface area contributed by atoms with Crippen molar-refractivity contribution in [3.63, 3.8) is 0 Å². The SMILES string of the molecule is C[C@](C#N)(O[Si](C)(C)C)c1ccc(F)c(Br)c1. The molecule has 0 aliphatic carbocycles. The largest absolute Gasteiger partial charge is 0.397 e. The highest BCUT2D eigenvalue weighted by Gasteiger charge is 2.33. The van der Waals surface area contributed by atoms with Gasteiger partial charge in [-0.25, -0.2) is 4.39 Å². The van der Waals surface area contributed by atoms with Gasteiger partial charge in [0.2, 0.25) is 0 Å². The summed E-state index contributed by atoms with van der Waals surface area (Å²) in [6.45, 7) is 7.76. The van der Waals surface area contributed by atoms with E-state index < -0.39 is 13.9 Å². The van der Waals surface area contributed by atoms with Crippen molar-refractivity contribution in [1.29, 1.82) is 5.26 Å². The number of nitriles is 1. The third-order valence-corrected chi connectivity index (χ3v) is 3.82. The van der Waals surface area contributed by atoms with Crippen molar-refractivity contribution in [2.24, 2.45) is 0 Å². The second-order valence-corrected chi connectivity index (χ2v) is 10.3. The molecule has 1 aromatic rings. The van der Waals surface area contributed by atoms with Gasteiger partial charge in [-0.2, -0.15) is 5.26 Å². The molecule has 5 heteroatoms. The first-order valence-electron chi connectivity index (χ1n) is 5.25. The zero-order valence-corrected chi connectivity index (χ0v) is 12.9. The first-order valence-corrected chi connectivity index (χ1v) is 9.45. The molecule has 0 aromatic heterocycles. The van der Waals surface area contributed by atoms with Crippen LogP contribution in [0.15, 0.2) is 22.7 Å². The molecule has 1 atom stereocenters. The van der Waals surface area contributed by atoms with E-state index in [1.165, 1.54) is 6.07 Å². The fourth-order valence-corrected chi connectivity index (χ4v) is 3.32. The van der Waals surface area contributed by atoms with E-state index in [0.717, 1.165) is 0 Å². The lowest BCUT2D eigenvalue weighted by Gasteiger charge is -2.30. The summed E-state index contributed by atoms with van der Waals surface area (Å²) in [6, 6.07) is 6.69. The number of hydrogen-bond acceptors (Lipinski definition) is 2. The minimum absolute atomic E-state index is 0.343. The Bertz CT molecular complexity index is 467. The van der Waals surface area contributed by atoms with Crippen LogP contribution in [0.4, 0.5) is 4.39 Å². The third-order valence-electron chi connectivity index (χ3n) is 2.19. The Balaban J connectivity index is 3.18. The number of hydrogen-bond donors (Lipinski definition) is 0. The molecule has 0 heterocycles. The highest BCUT2D eigenvalue weighted by Crippen LogP contribution is 2.31. The lowest BCUT2D eigenvalue weighted by atomic mass is 9.98. The second kappa shape index (κ2) is 4.89. The van der Waals surface area contributed by atoms with Crippen molar-refractivity contribution in [1.82, 2.24) is 0 Å². The Labute approximate surface area is 111 Å². The van der Waals surface area contributed by atoms with Crippen LogP contribution in [-0.2, 0) is 10.0 Å². The van der Waals surface area contributed by atoms with Gasteiger partial charge in [-0.1, -0.05) is 6.07 Å². The summed E-state index contributed by atoms with van der Waals surface area (Å²) < 4.78 is 19.4. The minimum Gasteiger partial charge on any atom is -0.397 e. The van der Waals surface area contributed by atoms with E-state index in [1.807, 2.05) is 19.6 Å². The molecule has 0 fully saturated rings. The monoisotopic (exact) mass is 315 g/mol. The van der Waals surface area contributed by atoms with Crippen molar-refractivity contribution in [3.8, 4) is 6.07 Å². The smallest absolute Gasteiger partial charge is 0.186 e. The summed E-state index contributed by atoms with van der Waals surface area (Å²) in [4.78, 5) is 0. The number of rotatable bonds is 3. The van der Waals surface area contributed by atoms with Crippen LogP contribution in [0, 0.1) is 17.1 Å². The maximum atomic E-state index is 13.2. The third kappa shape index (κ3) is 3.63. The van der Waals surface area contributed by atoms with Gasteiger partial charge >= 0.3 is 0 Å². The van der Waals surface area contributed by atoms with Crippen LogP contribution in [-0.4, -0.2) is 8.32 Å². The van der Waals surface area contributed by atoms with Crippen LogP contribution < -0.4 is 0 Å². The van der Waals surface area contributed by atoms with E-state index in [2.05, 4.69) is 22.0 Å². The van der Waals surface area contributed by atoms with Crippen molar-refractivity contribution in [2.75, 3.05) is 0 Å². The van der Waals surface area contributed by atoms with E-state index in [1.54, 1.807) is 19.1 Å². The first kappa shape index (κ1) is 14.4. The van der Waals surface area contributed by atoms with Crippen LogP contribution in [0.25, 0.3) is 0 Å². The molecule has 0 radical (unpaired) electrons. The Hall–Kier alpha value is -0.703. The summed E-state index contributed by atoms with van der Waals surface area (Å²) in [7, 11) is -1.86. The topological polar surface area (TPSA) is 33.0 Å². The molecule has 2 nitrogen and oxygen atoms in total. The zero-order valence-electron chi connectivity index (χ0n) is 10.3. The summed E-state index contributed by atoms with van der Waals surface area (Å²) >= 11 is 3.12. The summed E-state index contributed by atoms with van der Waals surface area (Å²) in [5.41, 5.74) is -0.364. The maximum absolute atomic E-state index is 13.2. The van der Waals surface area contributed by atoms with Gasteiger partial charge in [0.25, 0.3) is 0 Å². The van der Waals surface area contributed by atoms with Crippen molar-refractivity contribution >= 4 is 24.2 Å². The van der Waals surface area contributed by atoms with E-state index in [9.17, 15) is 9.65 Å². The van der Waals surface area contributed by atoms with Gasteiger partial charge in [0.05, 0.1) is 4.47 Å². The molecule has 0 aliphatic heterocycles. The van der Waals surface area contributed by atoms with E-state index in [-0.39, 0.29) is 5.82 Å². The lowest BCUT2D eigenvalue weighted by molar-refractivity contribution is 0.141. The van der Waals surface area contributed by atoms with Gasteiger partial charge in [-0.05, 0) is 60.2 Å². The Kier molecular flexibility index (Phi) is 4.13. The Morgan fingerprint density at radius 2 is 2.00 bits per heavy atom. The van der Waals surface area contributed by atoms with Gasteiger partial charge in [0.1, 0.15) is 11.9 Å². The molecule has 92 valence electrons. The molecule has 0 bridgehead atoms. The van der Waals surface area contributed by atoms with E-state index in [0.29, 0.717) is 10.0 Å². The van der Waals surface area contributed by atoms with Crippen LogP contribution in [0.3, 0.4) is 0 Å². The number of benzene rings is 1. The van der Waals surface area contributed by atoms with Gasteiger partial charge in [-0.15, -0.1) is 0 Å². The van der Waals surface area contributed by atoms with Crippen molar-refractivity contribution in [2.45, 2.75) is 32.2 Å². The standard InChI is InChI=1S/C12H15BrFNOSi/c1-12(8-15,16-17(2,3)4)9-5-6-11(14)10(13)7-9/h5-7H,1-4H3/t12-/m1/s1. The average Bonchev–Trinajstić information content (AvgIpc) is 2.19. The van der Waals surface area contributed by atoms with E-state index in [4.69, 9.17) is 4.43 Å². The number of halogens is 2. The lowest BCUT2D eigenvalue weighted by Crippen LogP contribution is -2.37. The number of nitrogens with zero attached hydrogens (tertiary/aromatic N) is 1. The molecular weight excluding hydrogens is 301 g/mol.